The number of hydrogen-bond acceptors (Lipinski definition) is 6. The number of ether oxygens (including phenoxy) is 1. The molecule has 1 heterocycles. The standard InChI is InChI=1S/C25H27N5O/c1-2-3-4-20-5-7-21(8-6-20)26-27-22-9-11-23(12-10-22)28-29-24-13-15-25(16-14-24)30-17-18-31-19-30/h5-16H,2-4,17-19H2,1H3/b27-26+,29-28+. The van der Waals surface area contributed by atoms with Crippen LogP contribution < -0.4 is 4.90 Å². The Morgan fingerprint density at radius 3 is 1.65 bits per heavy atom. The fourth-order valence-corrected chi connectivity index (χ4v) is 3.27. The van der Waals surface area contributed by atoms with E-state index in [2.05, 4.69) is 44.4 Å². The minimum Gasteiger partial charge on any atom is -0.359 e. The van der Waals surface area contributed by atoms with E-state index in [1.807, 2.05) is 60.7 Å². The van der Waals surface area contributed by atoms with Gasteiger partial charge in [-0.3, -0.25) is 0 Å². The van der Waals surface area contributed by atoms with Crippen LogP contribution in [0.2, 0.25) is 0 Å². The summed E-state index contributed by atoms with van der Waals surface area (Å²) in [6.07, 6.45) is 3.53. The molecule has 0 N–H and O–H groups in total. The van der Waals surface area contributed by atoms with Gasteiger partial charge in [-0.1, -0.05) is 25.5 Å². The Balaban J connectivity index is 1.33. The summed E-state index contributed by atoms with van der Waals surface area (Å²) in [5.41, 5.74) is 5.71. The van der Waals surface area contributed by atoms with Crippen molar-refractivity contribution in [2.45, 2.75) is 26.2 Å². The Hall–Kier alpha value is -3.38. The molecule has 1 aliphatic rings. The lowest BCUT2D eigenvalue weighted by molar-refractivity contribution is 0.201. The SMILES string of the molecule is CCCCc1ccc(/N=N/c2ccc(/N=N/c3ccc(N4CCOC4)cc3)cc2)cc1. The van der Waals surface area contributed by atoms with Crippen LogP contribution in [0.4, 0.5) is 28.4 Å². The summed E-state index contributed by atoms with van der Waals surface area (Å²) < 4.78 is 5.39. The molecule has 0 amide bonds. The van der Waals surface area contributed by atoms with E-state index in [-0.39, 0.29) is 0 Å². The van der Waals surface area contributed by atoms with E-state index < -0.39 is 0 Å². The lowest BCUT2D eigenvalue weighted by atomic mass is 10.1. The number of benzene rings is 3. The molecule has 0 radical (unpaired) electrons. The summed E-state index contributed by atoms with van der Waals surface area (Å²) in [6.45, 7) is 4.56. The van der Waals surface area contributed by atoms with Crippen molar-refractivity contribution in [1.29, 1.82) is 0 Å². The van der Waals surface area contributed by atoms with Crippen molar-refractivity contribution in [3.63, 3.8) is 0 Å². The number of anilines is 1. The third-order valence-electron chi connectivity index (χ3n) is 5.13. The maximum Gasteiger partial charge on any atom is 0.119 e. The molecular formula is C25H27N5O. The van der Waals surface area contributed by atoms with Gasteiger partial charge in [-0.15, -0.1) is 0 Å². The molecule has 0 bridgehead atoms. The van der Waals surface area contributed by atoms with Crippen molar-refractivity contribution in [3.05, 3.63) is 78.4 Å². The Bertz CT molecular complexity index is 1010. The quantitative estimate of drug-likeness (QED) is 0.356. The number of azo groups is 2. The number of unbranched alkanes of at least 4 members (excludes halogenated alkanes) is 1. The van der Waals surface area contributed by atoms with Crippen molar-refractivity contribution in [1.82, 2.24) is 0 Å². The predicted molar refractivity (Wildman–Crippen MR) is 124 cm³/mol. The Morgan fingerprint density at radius 1 is 0.710 bits per heavy atom. The minimum absolute atomic E-state index is 0.648. The maximum absolute atomic E-state index is 5.39. The Kier molecular flexibility index (Phi) is 7.13. The smallest absolute Gasteiger partial charge is 0.119 e. The normalized spacial score (nSPS) is 14.2. The average molecular weight is 414 g/mol. The zero-order valence-electron chi connectivity index (χ0n) is 17.8. The summed E-state index contributed by atoms with van der Waals surface area (Å²) in [4.78, 5) is 2.19. The summed E-state index contributed by atoms with van der Waals surface area (Å²) >= 11 is 0. The fraction of sp³-hybridized carbons (Fsp3) is 0.280. The number of rotatable bonds is 8. The van der Waals surface area contributed by atoms with Gasteiger partial charge in [-0.25, -0.2) is 0 Å². The highest BCUT2D eigenvalue weighted by Gasteiger charge is 2.11. The zero-order chi connectivity index (χ0) is 21.3. The third kappa shape index (κ3) is 6.06. The second kappa shape index (κ2) is 10.6. The molecule has 158 valence electrons. The number of hydrogen-bond donors (Lipinski definition) is 0. The minimum atomic E-state index is 0.648. The highest BCUT2D eigenvalue weighted by atomic mass is 16.5. The molecule has 1 saturated heterocycles. The van der Waals surface area contributed by atoms with Gasteiger partial charge >= 0.3 is 0 Å². The van der Waals surface area contributed by atoms with Gasteiger partial charge in [0, 0.05) is 12.2 Å². The Morgan fingerprint density at radius 2 is 1.19 bits per heavy atom. The monoisotopic (exact) mass is 413 g/mol. The van der Waals surface area contributed by atoms with Crippen LogP contribution in [0.5, 0.6) is 0 Å². The summed E-state index contributed by atoms with van der Waals surface area (Å²) in [7, 11) is 0. The van der Waals surface area contributed by atoms with Gasteiger partial charge in [0.15, 0.2) is 0 Å². The van der Waals surface area contributed by atoms with Crippen molar-refractivity contribution in [3.8, 4) is 0 Å². The topological polar surface area (TPSA) is 61.9 Å². The van der Waals surface area contributed by atoms with Gasteiger partial charge in [0.1, 0.15) is 6.73 Å². The van der Waals surface area contributed by atoms with Crippen LogP contribution in [0.1, 0.15) is 25.3 Å². The van der Waals surface area contributed by atoms with E-state index in [4.69, 9.17) is 4.74 Å². The van der Waals surface area contributed by atoms with Crippen molar-refractivity contribution in [2.24, 2.45) is 20.5 Å². The molecule has 4 rings (SSSR count). The number of nitrogens with zero attached hydrogens (tertiary/aromatic N) is 5. The first-order valence-corrected chi connectivity index (χ1v) is 10.8. The largest absolute Gasteiger partial charge is 0.359 e. The van der Waals surface area contributed by atoms with E-state index in [1.165, 1.54) is 18.4 Å². The molecule has 0 atom stereocenters. The van der Waals surface area contributed by atoms with E-state index in [0.29, 0.717) is 6.73 Å². The lowest BCUT2D eigenvalue weighted by Gasteiger charge is -2.15. The molecular weight excluding hydrogens is 386 g/mol. The molecule has 0 saturated carbocycles. The van der Waals surface area contributed by atoms with Crippen molar-refractivity contribution in [2.75, 3.05) is 24.8 Å². The van der Waals surface area contributed by atoms with E-state index in [9.17, 15) is 0 Å². The van der Waals surface area contributed by atoms with Gasteiger partial charge in [0.2, 0.25) is 0 Å². The predicted octanol–water partition coefficient (Wildman–Crippen LogP) is 7.65. The van der Waals surface area contributed by atoms with E-state index in [1.54, 1.807) is 0 Å². The van der Waals surface area contributed by atoms with Gasteiger partial charge in [-0.2, -0.15) is 20.5 Å². The van der Waals surface area contributed by atoms with Gasteiger partial charge in [0.05, 0.1) is 29.4 Å². The van der Waals surface area contributed by atoms with Gasteiger partial charge < -0.3 is 9.64 Å². The van der Waals surface area contributed by atoms with Crippen LogP contribution in [0.25, 0.3) is 0 Å². The fourth-order valence-electron chi connectivity index (χ4n) is 3.27. The second-order valence-corrected chi connectivity index (χ2v) is 7.50. The molecule has 0 unspecified atom stereocenters. The zero-order valence-corrected chi connectivity index (χ0v) is 17.8. The highest BCUT2D eigenvalue weighted by Crippen LogP contribution is 2.25. The molecule has 0 aliphatic carbocycles. The number of aryl methyl sites for hydroxylation is 1. The van der Waals surface area contributed by atoms with Gasteiger partial charge in [-0.05, 0) is 79.1 Å². The summed E-state index contributed by atoms with van der Waals surface area (Å²) in [6, 6.07) is 23.9. The maximum atomic E-state index is 5.39. The van der Waals surface area contributed by atoms with E-state index in [0.717, 1.165) is 48.0 Å². The van der Waals surface area contributed by atoms with Crippen LogP contribution in [-0.4, -0.2) is 19.9 Å². The molecule has 0 spiro atoms. The molecule has 3 aromatic carbocycles. The van der Waals surface area contributed by atoms with E-state index >= 15 is 0 Å². The van der Waals surface area contributed by atoms with Crippen LogP contribution >= 0.6 is 0 Å². The van der Waals surface area contributed by atoms with Crippen LogP contribution in [0.15, 0.2) is 93.3 Å². The van der Waals surface area contributed by atoms with Crippen LogP contribution in [0, 0.1) is 0 Å². The molecule has 6 nitrogen and oxygen atoms in total. The van der Waals surface area contributed by atoms with Crippen LogP contribution in [0.3, 0.4) is 0 Å². The Labute approximate surface area is 183 Å². The second-order valence-electron chi connectivity index (χ2n) is 7.50. The molecule has 0 aromatic heterocycles. The molecule has 3 aromatic rings. The molecule has 1 fully saturated rings. The summed E-state index contributed by atoms with van der Waals surface area (Å²) in [5, 5.41) is 17.3. The van der Waals surface area contributed by atoms with Crippen molar-refractivity contribution >= 4 is 28.4 Å². The third-order valence-corrected chi connectivity index (χ3v) is 5.13. The van der Waals surface area contributed by atoms with Gasteiger partial charge in [0.25, 0.3) is 0 Å². The first-order valence-electron chi connectivity index (χ1n) is 10.8. The summed E-state index contributed by atoms with van der Waals surface area (Å²) in [5.74, 6) is 0. The first kappa shape index (κ1) is 20.9. The molecule has 1 aliphatic heterocycles. The molecule has 6 heteroatoms. The lowest BCUT2D eigenvalue weighted by Crippen LogP contribution is -2.17. The highest BCUT2D eigenvalue weighted by molar-refractivity contribution is 5.53. The van der Waals surface area contributed by atoms with Crippen LogP contribution in [-0.2, 0) is 11.2 Å². The molecule has 31 heavy (non-hydrogen) atoms. The first-order chi connectivity index (χ1) is 15.3. The van der Waals surface area contributed by atoms with Crippen molar-refractivity contribution < 1.29 is 4.74 Å². The average Bonchev–Trinajstić information content (AvgIpc) is 3.37.